The number of ketones is 1. The normalized spacial score (nSPS) is 26.2. The number of carbonyl (C=O) groups is 1. The molecular weight excluding hydrogens is 228 g/mol. The van der Waals surface area contributed by atoms with Gasteiger partial charge in [0.15, 0.2) is 5.78 Å². The highest BCUT2D eigenvalue weighted by atomic mass is 79.9. The number of fused-ring (bicyclic) bond motifs is 1. The lowest BCUT2D eigenvalue weighted by molar-refractivity contribution is 0.0958. The van der Waals surface area contributed by atoms with Crippen LogP contribution in [0.5, 0.6) is 0 Å². The van der Waals surface area contributed by atoms with Crippen molar-refractivity contribution in [3.8, 4) is 0 Å². The lowest BCUT2D eigenvalue weighted by Crippen LogP contribution is -2.27. The zero-order valence-corrected chi connectivity index (χ0v) is 9.10. The molecule has 1 atom stereocenters. The fourth-order valence-corrected chi connectivity index (χ4v) is 2.32. The second-order valence-electron chi connectivity index (χ2n) is 3.48. The molecule has 1 aliphatic rings. The minimum Gasteiger partial charge on any atom is -0.293 e. The van der Waals surface area contributed by atoms with Crippen LogP contribution in [0.4, 0.5) is 0 Å². The highest BCUT2D eigenvalue weighted by molar-refractivity contribution is 9.10. The van der Waals surface area contributed by atoms with Crippen LogP contribution in [-0.4, -0.2) is 10.1 Å². The van der Waals surface area contributed by atoms with Gasteiger partial charge in [-0.15, -0.1) is 0 Å². The first kappa shape index (κ1) is 8.95. The molecule has 1 unspecified atom stereocenters. The van der Waals surface area contributed by atoms with E-state index in [1.807, 2.05) is 31.2 Å². The number of hydrogen-bond acceptors (Lipinski definition) is 1. The fraction of sp³-hybridized carbons (Fsp3) is 0.364. The maximum Gasteiger partial charge on any atom is 0.180 e. The summed E-state index contributed by atoms with van der Waals surface area (Å²) in [5, 5.41) is 0. The molecule has 2 heteroatoms. The van der Waals surface area contributed by atoms with Gasteiger partial charge in [-0.05, 0) is 18.4 Å². The van der Waals surface area contributed by atoms with E-state index in [0.29, 0.717) is 0 Å². The summed E-state index contributed by atoms with van der Waals surface area (Å²) < 4.78 is -0.323. The summed E-state index contributed by atoms with van der Waals surface area (Å²) in [5.41, 5.74) is 2.06. The van der Waals surface area contributed by atoms with Crippen LogP contribution in [0.1, 0.15) is 29.3 Å². The molecule has 0 aliphatic heterocycles. The van der Waals surface area contributed by atoms with Crippen molar-refractivity contribution in [2.45, 2.75) is 24.1 Å². The molecule has 0 saturated heterocycles. The van der Waals surface area contributed by atoms with Gasteiger partial charge in [0.25, 0.3) is 0 Å². The third-order valence-corrected chi connectivity index (χ3v) is 3.90. The van der Waals surface area contributed by atoms with Gasteiger partial charge >= 0.3 is 0 Å². The molecule has 1 nitrogen and oxygen atoms in total. The van der Waals surface area contributed by atoms with E-state index >= 15 is 0 Å². The summed E-state index contributed by atoms with van der Waals surface area (Å²) in [6, 6.07) is 7.86. The number of benzene rings is 1. The van der Waals surface area contributed by atoms with Gasteiger partial charge < -0.3 is 0 Å². The van der Waals surface area contributed by atoms with Gasteiger partial charge in [-0.3, -0.25) is 4.79 Å². The Hall–Kier alpha value is -0.630. The standard InChI is InChI=1S/C11H11BrO/c1-2-11(12)7-8-5-3-4-6-9(8)10(11)13/h3-6H,2,7H2,1H3. The van der Waals surface area contributed by atoms with Crippen molar-refractivity contribution >= 4 is 21.7 Å². The first-order chi connectivity index (χ1) is 6.17. The van der Waals surface area contributed by atoms with Crippen LogP contribution in [0.25, 0.3) is 0 Å². The SMILES string of the molecule is CCC1(Br)Cc2ccccc2C1=O. The topological polar surface area (TPSA) is 17.1 Å². The Balaban J connectivity index is 2.50. The van der Waals surface area contributed by atoms with Crippen molar-refractivity contribution in [2.24, 2.45) is 0 Å². The van der Waals surface area contributed by atoms with Crippen molar-refractivity contribution in [1.82, 2.24) is 0 Å². The molecule has 1 aromatic rings. The zero-order valence-electron chi connectivity index (χ0n) is 7.51. The Morgan fingerprint density at radius 1 is 1.46 bits per heavy atom. The molecule has 0 aromatic heterocycles. The first-order valence-corrected chi connectivity index (χ1v) is 5.28. The predicted octanol–water partition coefficient (Wildman–Crippen LogP) is 2.97. The van der Waals surface area contributed by atoms with E-state index in [4.69, 9.17) is 0 Å². The number of Topliss-reactive ketones (excluding diaryl/α,β-unsaturated/α-hetero) is 1. The first-order valence-electron chi connectivity index (χ1n) is 4.49. The molecule has 2 rings (SSSR count). The quantitative estimate of drug-likeness (QED) is 0.688. The second-order valence-corrected chi connectivity index (χ2v) is 5.00. The van der Waals surface area contributed by atoms with Gasteiger partial charge in [0, 0.05) is 5.56 Å². The number of hydrogen-bond donors (Lipinski definition) is 0. The summed E-state index contributed by atoms with van der Waals surface area (Å²) >= 11 is 3.54. The van der Waals surface area contributed by atoms with Gasteiger partial charge in [-0.2, -0.15) is 0 Å². The average molecular weight is 239 g/mol. The molecule has 1 aliphatic carbocycles. The Morgan fingerprint density at radius 3 is 2.77 bits per heavy atom. The molecule has 1 aromatic carbocycles. The Morgan fingerprint density at radius 2 is 2.15 bits per heavy atom. The minimum atomic E-state index is -0.323. The third-order valence-electron chi connectivity index (χ3n) is 2.70. The van der Waals surface area contributed by atoms with Gasteiger partial charge in [0.2, 0.25) is 0 Å². The number of halogens is 1. The highest BCUT2D eigenvalue weighted by Gasteiger charge is 2.41. The Bertz CT molecular complexity index is 359. The van der Waals surface area contributed by atoms with E-state index in [0.717, 1.165) is 18.4 Å². The smallest absolute Gasteiger partial charge is 0.180 e. The summed E-state index contributed by atoms with van der Waals surface area (Å²) in [4.78, 5) is 11.9. The van der Waals surface area contributed by atoms with E-state index in [-0.39, 0.29) is 10.1 Å². The monoisotopic (exact) mass is 238 g/mol. The molecular formula is C11H11BrO. The summed E-state index contributed by atoms with van der Waals surface area (Å²) in [7, 11) is 0. The predicted molar refractivity (Wildman–Crippen MR) is 56.4 cm³/mol. The van der Waals surface area contributed by atoms with Gasteiger partial charge in [-0.1, -0.05) is 47.1 Å². The second kappa shape index (κ2) is 2.95. The summed E-state index contributed by atoms with van der Waals surface area (Å²) in [6.45, 7) is 2.04. The average Bonchev–Trinajstić information content (AvgIpc) is 2.41. The van der Waals surface area contributed by atoms with Crippen molar-refractivity contribution in [1.29, 1.82) is 0 Å². The Labute approximate surface area is 86.3 Å². The molecule has 0 heterocycles. The molecule has 68 valence electrons. The van der Waals surface area contributed by atoms with Crippen LogP contribution in [0.15, 0.2) is 24.3 Å². The molecule has 0 saturated carbocycles. The summed E-state index contributed by atoms with van der Waals surface area (Å²) in [6.07, 6.45) is 1.68. The molecule has 0 bridgehead atoms. The molecule has 0 amide bonds. The summed E-state index contributed by atoms with van der Waals surface area (Å²) in [5.74, 6) is 0.241. The van der Waals surface area contributed by atoms with Crippen LogP contribution in [-0.2, 0) is 6.42 Å². The van der Waals surface area contributed by atoms with E-state index in [1.54, 1.807) is 0 Å². The highest BCUT2D eigenvalue weighted by Crippen LogP contribution is 2.38. The number of alkyl halides is 1. The molecule has 0 N–H and O–H groups in total. The zero-order chi connectivity index (χ0) is 9.47. The van der Waals surface area contributed by atoms with Crippen molar-refractivity contribution in [3.05, 3.63) is 35.4 Å². The molecule has 13 heavy (non-hydrogen) atoms. The van der Waals surface area contributed by atoms with E-state index in [2.05, 4.69) is 15.9 Å². The van der Waals surface area contributed by atoms with Crippen molar-refractivity contribution in [3.63, 3.8) is 0 Å². The minimum absolute atomic E-state index is 0.241. The fourth-order valence-electron chi connectivity index (χ4n) is 1.81. The maximum absolute atomic E-state index is 11.9. The number of carbonyl (C=O) groups excluding carboxylic acids is 1. The molecule has 0 spiro atoms. The Kier molecular flexibility index (Phi) is 2.03. The van der Waals surface area contributed by atoms with Gasteiger partial charge in [0.1, 0.15) is 0 Å². The van der Waals surface area contributed by atoms with Crippen LogP contribution in [0, 0.1) is 0 Å². The van der Waals surface area contributed by atoms with Gasteiger partial charge in [-0.25, -0.2) is 0 Å². The lowest BCUT2D eigenvalue weighted by Gasteiger charge is -2.15. The van der Waals surface area contributed by atoms with E-state index < -0.39 is 0 Å². The van der Waals surface area contributed by atoms with Crippen LogP contribution >= 0.6 is 15.9 Å². The largest absolute Gasteiger partial charge is 0.293 e. The van der Waals surface area contributed by atoms with Crippen molar-refractivity contribution in [2.75, 3.05) is 0 Å². The van der Waals surface area contributed by atoms with Crippen LogP contribution < -0.4 is 0 Å². The van der Waals surface area contributed by atoms with Crippen LogP contribution in [0.2, 0.25) is 0 Å². The van der Waals surface area contributed by atoms with E-state index in [1.165, 1.54) is 5.56 Å². The molecule has 0 radical (unpaired) electrons. The lowest BCUT2D eigenvalue weighted by atomic mass is 10.0. The van der Waals surface area contributed by atoms with Crippen molar-refractivity contribution < 1.29 is 4.79 Å². The molecule has 0 fully saturated rings. The number of rotatable bonds is 1. The van der Waals surface area contributed by atoms with Gasteiger partial charge in [0.05, 0.1) is 4.32 Å². The van der Waals surface area contributed by atoms with E-state index in [9.17, 15) is 4.79 Å². The maximum atomic E-state index is 11.9. The third kappa shape index (κ3) is 1.24. The van der Waals surface area contributed by atoms with Crippen LogP contribution in [0.3, 0.4) is 0 Å².